The van der Waals surface area contributed by atoms with Gasteiger partial charge in [-0.25, -0.2) is 8.42 Å². The van der Waals surface area contributed by atoms with Crippen molar-refractivity contribution in [3.63, 3.8) is 0 Å². The molecule has 0 aliphatic carbocycles. The number of halogens is 1. The van der Waals surface area contributed by atoms with Crippen LogP contribution in [0.15, 0.2) is 66.3 Å². The molecule has 0 bridgehead atoms. The Kier molecular flexibility index (Phi) is 5.19. The first kappa shape index (κ1) is 14.5. The Balaban J connectivity index is 2.48. The number of rotatable bonds is 6. The summed E-state index contributed by atoms with van der Waals surface area (Å²) in [5.41, 5.74) is 0.996. The largest absolute Gasteiger partial charge is 0.490 e. The Morgan fingerprint density at radius 2 is 1.83 bits per heavy atom. The van der Waals surface area contributed by atoms with Gasteiger partial charge in [-0.3, -0.25) is 0 Å². The van der Waals surface area contributed by atoms with Gasteiger partial charge in [0.1, 0.15) is 12.4 Å². The number of ether oxygens (including phenoxy) is 1. The average molecular weight is 285 g/mol. The molecule has 96 valence electrons. The first-order valence-electron chi connectivity index (χ1n) is 5.07. The van der Waals surface area contributed by atoms with E-state index in [0.29, 0.717) is 12.4 Å². The molecule has 1 rings (SSSR count). The van der Waals surface area contributed by atoms with Crippen molar-refractivity contribution in [3.05, 3.63) is 71.9 Å². The molecule has 0 aromatic heterocycles. The maximum absolute atomic E-state index is 10.9. The van der Waals surface area contributed by atoms with Crippen molar-refractivity contribution >= 4 is 19.7 Å². The van der Waals surface area contributed by atoms with Gasteiger partial charge in [-0.05, 0) is 17.7 Å². The molecule has 0 N–H and O–H groups in total. The van der Waals surface area contributed by atoms with Gasteiger partial charge in [0.15, 0.2) is 0 Å². The summed E-state index contributed by atoms with van der Waals surface area (Å²) in [6.45, 7) is 7.31. The Bertz CT molecular complexity index is 559. The summed E-state index contributed by atoms with van der Waals surface area (Å²) in [4.78, 5) is -0.200. The fraction of sp³-hybridized carbons (Fsp3) is 0.0769. The van der Waals surface area contributed by atoms with Crippen molar-refractivity contribution in [2.75, 3.05) is 0 Å². The zero-order valence-corrected chi connectivity index (χ0v) is 11.2. The van der Waals surface area contributed by atoms with Gasteiger partial charge in [-0.1, -0.05) is 43.5 Å². The predicted molar refractivity (Wildman–Crippen MR) is 73.4 cm³/mol. The highest BCUT2D eigenvalue weighted by molar-refractivity contribution is 8.16. The number of hydrogen-bond donors (Lipinski definition) is 0. The highest BCUT2D eigenvalue weighted by Gasteiger charge is 2.07. The minimum absolute atomic E-state index is 0.200. The topological polar surface area (TPSA) is 43.4 Å². The van der Waals surface area contributed by atoms with Gasteiger partial charge in [-0.2, -0.15) is 0 Å². The van der Waals surface area contributed by atoms with Crippen molar-refractivity contribution < 1.29 is 13.2 Å². The molecule has 0 atom stereocenters. The molecule has 18 heavy (non-hydrogen) atoms. The summed E-state index contributed by atoms with van der Waals surface area (Å²) in [6.07, 6.45) is 2.65. The van der Waals surface area contributed by atoms with Gasteiger partial charge in [-0.15, -0.1) is 0 Å². The van der Waals surface area contributed by atoms with Crippen LogP contribution in [0.25, 0.3) is 0 Å². The lowest BCUT2D eigenvalue weighted by Crippen LogP contribution is -1.92. The molecule has 3 nitrogen and oxygen atoms in total. The molecule has 0 fully saturated rings. The number of hydrogen-bond acceptors (Lipinski definition) is 3. The molecule has 0 heterocycles. The molecular formula is C13H13ClO3S. The van der Waals surface area contributed by atoms with Crippen LogP contribution < -0.4 is 0 Å². The van der Waals surface area contributed by atoms with E-state index in [1.807, 2.05) is 30.3 Å². The molecule has 5 heteroatoms. The SMILES string of the molecule is C=C(/C=C\C(=C)S(=O)(=O)Cl)OCc1ccccc1. The second kappa shape index (κ2) is 6.42. The van der Waals surface area contributed by atoms with Crippen molar-refractivity contribution in [1.29, 1.82) is 0 Å². The molecular weight excluding hydrogens is 272 g/mol. The smallest absolute Gasteiger partial charge is 0.260 e. The van der Waals surface area contributed by atoms with E-state index in [1.54, 1.807) is 0 Å². The van der Waals surface area contributed by atoms with E-state index < -0.39 is 9.05 Å². The van der Waals surface area contributed by atoms with E-state index in [9.17, 15) is 8.42 Å². The molecule has 0 unspecified atom stereocenters. The van der Waals surface area contributed by atoms with E-state index in [1.165, 1.54) is 12.2 Å². The zero-order valence-electron chi connectivity index (χ0n) is 9.67. The standard InChI is InChI=1S/C13H13ClO3S/c1-11(8-9-12(2)18(14,15)16)17-10-13-6-4-3-5-7-13/h3-9H,1-2,10H2/b9-8-. The average Bonchev–Trinajstić information content (AvgIpc) is 2.33. The molecule has 0 aliphatic rings. The van der Waals surface area contributed by atoms with Crippen LogP contribution in [-0.2, 0) is 20.4 Å². The summed E-state index contributed by atoms with van der Waals surface area (Å²) < 4.78 is 27.1. The lowest BCUT2D eigenvalue weighted by Gasteiger charge is -2.05. The summed E-state index contributed by atoms with van der Waals surface area (Å²) >= 11 is 0. The summed E-state index contributed by atoms with van der Waals surface area (Å²) in [6, 6.07) is 9.55. The molecule has 0 aliphatic heterocycles. The third-order valence-electron chi connectivity index (χ3n) is 2.04. The maximum atomic E-state index is 10.9. The van der Waals surface area contributed by atoms with Gasteiger partial charge < -0.3 is 4.74 Å². The molecule has 1 aromatic rings. The Labute approximate surface area is 111 Å². The molecule has 0 amide bonds. The molecule has 0 radical (unpaired) electrons. The van der Waals surface area contributed by atoms with Gasteiger partial charge >= 0.3 is 0 Å². The first-order chi connectivity index (χ1) is 8.39. The Morgan fingerprint density at radius 3 is 2.39 bits per heavy atom. The van der Waals surface area contributed by atoms with Crippen LogP contribution in [0.1, 0.15) is 5.56 Å². The van der Waals surface area contributed by atoms with E-state index in [-0.39, 0.29) is 4.91 Å². The van der Waals surface area contributed by atoms with Gasteiger partial charge in [0.2, 0.25) is 0 Å². The van der Waals surface area contributed by atoms with Crippen LogP contribution in [0.2, 0.25) is 0 Å². The second-order valence-electron chi connectivity index (χ2n) is 3.48. The monoisotopic (exact) mass is 284 g/mol. The minimum atomic E-state index is -3.77. The van der Waals surface area contributed by atoms with Crippen molar-refractivity contribution in [2.24, 2.45) is 0 Å². The molecule has 0 saturated heterocycles. The predicted octanol–water partition coefficient (Wildman–Crippen LogP) is 3.36. The number of benzene rings is 1. The van der Waals surface area contributed by atoms with Crippen LogP contribution in [0.5, 0.6) is 0 Å². The summed E-state index contributed by atoms with van der Waals surface area (Å²) in [7, 11) is 1.32. The van der Waals surface area contributed by atoms with Crippen molar-refractivity contribution in [3.8, 4) is 0 Å². The van der Waals surface area contributed by atoms with Crippen LogP contribution in [-0.4, -0.2) is 8.42 Å². The highest BCUT2D eigenvalue weighted by Crippen LogP contribution is 2.12. The number of allylic oxidation sites excluding steroid dienone is 2. The third-order valence-corrected chi connectivity index (χ3v) is 3.39. The van der Waals surface area contributed by atoms with Crippen LogP contribution in [0, 0.1) is 0 Å². The van der Waals surface area contributed by atoms with Crippen LogP contribution in [0.3, 0.4) is 0 Å². The summed E-state index contributed by atoms with van der Waals surface area (Å²) in [5.74, 6) is 0.334. The first-order valence-corrected chi connectivity index (χ1v) is 7.38. The lowest BCUT2D eigenvalue weighted by atomic mass is 10.2. The fourth-order valence-corrected chi connectivity index (χ4v) is 1.45. The van der Waals surface area contributed by atoms with Crippen molar-refractivity contribution in [1.82, 2.24) is 0 Å². The fourth-order valence-electron chi connectivity index (χ4n) is 1.07. The van der Waals surface area contributed by atoms with Crippen LogP contribution in [0.4, 0.5) is 0 Å². The second-order valence-corrected chi connectivity index (χ2v) is 6.10. The maximum Gasteiger partial charge on any atom is 0.260 e. The minimum Gasteiger partial charge on any atom is -0.490 e. The van der Waals surface area contributed by atoms with Gasteiger partial charge in [0, 0.05) is 10.7 Å². The zero-order chi connectivity index (χ0) is 13.6. The van der Waals surface area contributed by atoms with Crippen molar-refractivity contribution in [2.45, 2.75) is 6.61 Å². The Morgan fingerprint density at radius 1 is 1.22 bits per heavy atom. The quantitative estimate of drug-likeness (QED) is 0.457. The highest BCUT2D eigenvalue weighted by atomic mass is 35.7. The molecule has 0 spiro atoms. The Hall–Kier alpha value is -1.52. The molecule has 1 aromatic carbocycles. The van der Waals surface area contributed by atoms with Gasteiger partial charge in [0.05, 0.1) is 4.91 Å². The van der Waals surface area contributed by atoms with E-state index in [2.05, 4.69) is 13.2 Å². The van der Waals surface area contributed by atoms with Crippen LogP contribution >= 0.6 is 10.7 Å². The summed E-state index contributed by atoms with van der Waals surface area (Å²) in [5, 5.41) is 0. The third kappa shape index (κ3) is 5.21. The lowest BCUT2D eigenvalue weighted by molar-refractivity contribution is 0.212. The van der Waals surface area contributed by atoms with E-state index >= 15 is 0 Å². The van der Waals surface area contributed by atoms with Gasteiger partial charge in [0.25, 0.3) is 9.05 Å². The molecule has 0 saturated carbocycles. The van der Waals surface area contributed by atoms with E-state index in [0.717, 1.165) is 5.56 Å². The normalized spacial score (nSPS) is 11.4. The van der Waals surface area contributed by atoms with E-state index in [4.69, 9.17) is 15.4 Å².